The summed E-state index contributed by atoms with van der Waals surface area (Å²) in [6.45, 7) is 4.41. The summed E-state index contributed by atoms with van der Waals surface area (Å²) in [6, 6.07) is 9.71. The molecule has 1 saturated heterocycles. The van der Waals surface area contributed by atoms with Gasteiger partial charge in [-0.1, -0.05) is 5.16 Å². The molecule has 3 heterocycles. The summed E-state index contributed by atoms with van der Waals surface area (Å²) in [7, 11) is 0. The van der Waals surface area contributed by atoms with Gasteiger partial charge >= 0.3 is 0 Å². The standard InChI is InChI=1S/C20H23N5O2/c1-15-21-9-11-25(15)19-6-4-17(5-7-19)22-20(26)16-3-2-10-24(13-16)14-18-8-12-27-23-18/h4-9,11-12,16H,2-3,10,13-14H2,1H3,(H,22,26). The summed E-state index contributed by atoms with van der Waals surface area (Å²) in [5.74, 6) is 0.994. The highest BCUT2D eigenvalue weighted by molar-refractivity contribution is 5.92. The molecule has 7 heteroatoms. The first-order valence-corrected chi connectivity index (χ1v) is 9.22. The van der Waals surface area contributed by atoms with E-state index in [1.165, 1.54) is 0 Å². The van der Waals surface area contributed by atoms with Crippen molar-refractivity contribution in [2.45, 2.75) is 26.3 Å². The smallest absolute Gasteiger partial charge is 0.228 e. The zero-order valence-corrected chi connectivity index (χ0v) is 15.3. The molecular weight excluding hydrogens is 342 g/mol. The fourth-order valence-corrected chi connectivity index (χ4v) is 3.56. The van der Waals surface area contributed by atoms with Gasteiger partial charge in [-0.25, -0.2) is 4.98 Å². The molecule has 1 amide bonds. The van der Waals surface area contributed by atoms with Gasteiger partial charge in [0.15, 0.2) is 0 Å². The van der Waals surface area contributed by atoms with Gasteiger partial charge in [-0.05, 0) is 50.6 Å². The maximum atomic E-state index is 12.7. The van der Waals surface area contributed by atoms with Crippen LogP contribution < -0.4 is 5.32 Å². The first kappa shape index (κ1) is 17.5. The van der Waals surface area contributed by atoms with Crippen molar-refractivity contribution in [1.82, 2.24) is 19.6 Å². The summed E-state index contributed by atoms with van der Waals surface area (Å²) in [5, 5.41) is 7.01. The van der Waals surface area contributed by atoms with E-state index in [0.29, 0.717) is 0 Å². The number of piperidine rings is 1. The number of amides is 1. The Morgan fingerprint density at radius 2 is 2.15 bits per heavy atom. The number of rotatable bonds is 5. The van der Waals surface area contributed by atoms with Gasteiger partial charge < -0.3 is 14.4 Å². The molecule has 1 N–H and O–H groups in total. The lowest BCUT2D eigenvalue weighted by Gasteiger charge is -2.31. The van der Waals surface area contributed by atoms with E-state index in [1.807, 2.05) is 48.0 Å². The molecule has 1 atom stereocenters. The number of anilines is 1. The van der Waals surface area contributed by atoms with Gasteiger partial charge in [0.05, 0.1) is 11.6 Å². The highest BCUT2D eigenvalue weighted by Gasteiger charge is 2.26. The van der Waals surface area contributed by atoms with Crippen molar-refractivity contribution in [3.8, 4) is 5.69 Å². The first-order valence-electron chi connectivity index (χ1n) is 9.22. The minimum atomic E-state index is -0.0128. The van der Waals surface area contributed by atoms with E-state index in [4.69, 9.17) is 4.52 Å². The molecule has 7 nitrogen and oxygen atoms in total. The van der Waals surface area contributed by atoms with Crippen molar-refractivity contribution in [1.29, 1.82) is 0 Å². The van der Waals surface area contributed by atoms with Crippen LogP contribution >= 0.6 is 0 Å². The van der Waals surface area contributed by atoms with E-state index in [2.05, 4.69) is 20.4 Å². The van der Waals surface area contributed by atoms with E-state index >= 15 is 0 Å². The monoisotopic (exact) mass is 365 g/mol. The number of hydrogen-bond donors (Lipinski definition) is 1. The Labute approximate surface area is 158 Å². The normalized spacial score (nSPS) is 17.7. The first-order chi connectivity index (χ1) is 13.2. The Bertz CT molecular complexity index is 886. The Morgan fingerprint density at radius 1 is 1.30 bits per heavy atom. The maximum Gasteiger partial charge on any atom is 0.228 e. The van der Waals surface area contributed by atoms with Crippen LogP contribution in [0.1, 0.15) is 24.4 Å². The number of carbonyl (C=O) groups is 1. The molecule has 2 aromatic heterocycles. The predicted molar refractivity (Wildman–Crippen MR) is 101 cm³/mol. The van der Waals surface area contributed by atoms with Crippen LogP contribution in [-0.4, -0.2) is 38.6 Å². The van der Waals surface area contributed by atoms with Crippen molar-refractivity contribution in [3.05, 3.63) is 60.5 Å². The predicted octanol–water partition coefficient (Wildman–Crippen LogP) is 3.02. The van der Waals surface area contributed by atoms with Crippen molar-refractivity contribution >= 4 is 11.6 Å². The molecule has 0 bridgehead atoms. The Kier molecular flexibility index (Phi) is 5.02. The number of imidazole rings is 1. The van der Waals surface area contributed by atoms with Crippen LogP contribution in [0.3, 0.4) is 0 Å². The summed E-state index contributed by atoms with van der Waals surface area (Å²) in [5.41, 5.74) is 2.75. The zero-order chi connectivity index (χ0) is 18.6. The van der Waals surface area contributed by atoms with Crippen molar-refractivity contribution < 1.29 is 9.32 Å². The van der Waals surface area contributed by atoms with Gasteiger partial charge in [-0.15, -0.1) is 0 Å². The van der Waals surface area contributed by atoms with Gasteiger partial charge in [-0.2, -0.15) is 0 Å². The highest BCUT2D eigenvalue weighted by atomic mass is 16.5. The van der Waals surface area contributed by atoms with Gasteiger partial charge in [0, 0.05) is 42.9 Å². The Morgan fingerprint density at radius 3 is 2.85 bits per heavy atom. The van der Waals surface area contributed by atoms with Gasteiger partial charge in [-0.3, -0.25) is 9.69 Å². The summed E-state index contributed by atoms with van der Waals surface area (Å²) in [6.07, 6.45) is 7.20. The molecule has 0 radical (unpaired) electrons. The number of carbonyl (C=O) groups excluding carboxylic acids is 1. The van der Waals surface area contributed by atoms with Crippen LogP contribution in [0.2, 0.25) is 0 Å². The lowest BCUT2D eigenvalue weighted by molar-refractivity contribution is -0.121. The number of nitrogens with one attached hydrogen (secondary N) is 1. The number of hydrogen-bond acceptors (Lipinski definition) is 5. The van der Waals surface area contributed by atoms with Crippen LogP contribution in [0.5, 0.6) is 0 Å². The molecule has 1 aliphatic rings. The van der Waals surface area contributed by atoms with Crippen LogP contribution in [-0.2, 0) is 11.3 Å². The SMILES string of the molecule is Cc1nccn1-c1ccc(NC(=O)C2CCCN(Cc3ccon3)C2)cc1. The van der Waals surface area contributed by atoms with Crippen LogP contribution in [0.25, 0.3) is 5.69 Å². The lowest BCUT2D eigenvalue weighted by atomic mass is 9.97. The maximum absolute atomic E-state index is 12.7. The minimum Gasteiger partial charge on any atom is -0.364 e. The van der Waals surface area contributed by atoms with Crippen LogP contribution in [0.4, 0.5) is 5.69 Å². The zero-order valence-electron chi connectivity index (χ0n) is 15.3. The van der Waals surface area contributed by atoms with Crippen molar-refractivity contribution in [2.75, 3.05) is 18.4 Å². The minimum absolute atomic E-state index is 0.0128. The lowest BCUT2D eigenvalue weighted by Crippen LogP contribution is -2.40. The third-order valence-electron chi connectivity index (χ3n) is 4.99. The second-order valence-corrected chi connectivity index (χ2v) is 6.95. The molecule has 1 aromatic carbocycles. The number of likely N-dealkylation sites (tertiary alicyclic amines) is 1. The second-order valence-electron chi connectivity index (χ2n) is 6.95. The second kappa shape index (κ2) is 7.75. The fraction of sp³-hybridized carbons (Fsp3) is 0.350. The number of aryl methyl sites for hydroxylation is 1. The number of nitrogens with zero attached hydrogens (tertiary/aromatic N) is 4. The molecule has 0 saturated carbocycles. The topological polar surface area (TPSA) is 76.2 Å². The highest BCUT2D eigenvalue weighted by Crippen LogP contribution is 2.21. The van der Waals surface area contributed by atoms with E-state index in [9.17, 15) is 4.79 Å². The summed E-state index contributed by atoms with van der Waals surface area (Å²) < 4.78 is 6.90. The Balaban J connectivity index is 1.36. The number of aromatic nitrogens is 3. The molecule has 27 heavy (non-hydrogen) atoms. The molecule has 0 aliphatic carbocycles. The molecular formula is C20H23N5O2. The Hall–Kier alpha value is -2.93. The van der Waals surface area contributed by atoms with Crippen LogP contribution in [0, 0.1) is 12.8 Å². The van der Waals surface area contributed by atoms with E-state index in [1.54, 1.807) is 12.5 Å². The molecule has 1 fully saturated rings. The quantitative estimate of drug-likeness (QED) is 0.752. The molecule has 4 rings (SSSR count). The third kappa shape index (κ3) is 4.09. The molecule has 3 aromatic rings. The van der Waals surface area contributed by atoms with Gasteiger partial charge in [0.25, 0.3) is 0 Å². The summed E-state index contributed by atoms with van der Waals surface area (Å²) >= 11 is 0. The molecule has 1 unspecified atom stereocenters. The largest absolute Gasteiger partial charge is 0.364 e. The molecule has 140 valence electrons. The van der Waals surface area contributed by atoms with E-state index in [-0.39, 0.29) is 11.8 Å². The van der Waals surface area contributed by atoms with E-state index in [0.717, 1.165) is 55.4 Å². The van der Waals surface area contributed by atoms with Crippen molar-refractivity contribution in [3.63, 3.8) is 0 Å². The third-order valence-corrected chi connectivity index (χ3v) is 4.99. The number of benzene rings is 1. The average molecular weight is 365 g/mol. The van der Waals surface area contributed by atoms with Gasteiger partial charge in [0.1, 0.15) is 12.1 Å². The molecule has 0 spiro atoms. The fourth-order valence-electron chi connectivity index (χ4n) is 3.56. The average Bonchev–Trinajstić information content (AvgIpc) is 3.34. The van der Waals surface area contributed by atoms with E-state index < -0.39 is 0 Å². The summed E-state index contributed by atoms with van der Waals surface area (Å²) in [4.78, 5) is 19.2. The van der Waals surface area contributed by atoms with Crippen molar-refractivity contribution in [2.24, 2.45) is 5.92 Å². The molecule has 1 aliphatic heterocycles. The van der Waals surface area contributed by atoms with Crippen LogP contribution in [0.15, 0.2) is 53.5 Å². The van der Waals surface area contributed by atoms with Gasteiger partial charge in [0.2, 0.25) is 5.91 Å².